The topological polar surface area (TPSA) is 74.7 Å². The predicted octanol–water partition coefficient (Wildman–Crippen LogP) is 4.08. The molecule has 3 rings (SSSR count). The van der Waals surface area contributed by atoms with E-state index in [4.69, 9.17) is 9.84 Å². The van der Waals surface area contributed by atoms with E-state index in [0.717, 1.165) is 62.0 Å². The molecule has 1 amide bonds. The van der Waals surface area contributed by atoms with E-state index in [9.17, 15) is 4.79 Å². The highest BCUT2D eigenvalue weighted by Crippen LogP contribution is 2.29. The van der Waals surface area contributed by atoms with Gasteiger partial charge in [-0.05, 0) is 62.4 Å². The van der Waals surface area contributed by atoms with Crippen LogP contribution in [0.1, 0.15) is 44.6 Å². The van der Waals surface area contributed by atoms with E-state index in [0.29, 0.717) is 6.54 Å². The smallest absolute Gasteiger partial charge is 0.404 e. The van der Waals surface area contributed by atoms with Gasteiger partial charge >= 0.3 is 6.09 Å². The molecule has 0 bridgehead atoms. The first kappa shape index (κ1) is 20.4. The van der Waals surface area contributed by atoms with E-state index in [-0.39, 0.29) is 6.10 Å². The summed E-state index contributed by atoms with van der Waals surface area (Å²) in [6.07, 6.45) is 7.33. The molecule has 0 aliphatic carbocycles. The van der Waals surface area contributed by atoms with Crippen LogP contribution >= 0.6 is 0 Å². The van der Waals surface area contributed by atoms with Crippen molar-refractivity contribution in [2.45, 2.75) is 51.6 Å². The lowest BCUT2D eigenvalue weighted by molar-refractivity contribution is 0.101. The van der Waals surface area contributed by atoms with Crippen molar-refractivity contribution in [3.05, 3.63) is 36.0 Å². The molecule has 0 saturated carbocycles. The average molecular weight is 386 g/mol. The van der Waals surface area contributed by atoms with Crippen molar-refractivity contribution in [3.8, 4) is 5.75 Å². The van der Waals surface area contributed by atoms with Gasteiger partial charge in [0.05, 0.1) is 0 Å². The number of pyridine rings is 1. The molecule has 1 aliphatic rings. The molecule has 6 nitrogen and oxygen atoms in total. The second kappa shape index (κ2) is 10.3. The Morgan fingerprint density at radius 2 is 2.14 bits per heavy atom. The zero-order valence-electron chi connectivity index (χ0n) is 16.7. The minimum atomic E-state index is -0.950. The van der Waals surface area contributed by atoms with E-state index in [1.807, 2.05) is 12.3 Å². The number of ether oxygens (including phenoxy) is 1. The van der Waals surface area contributed by atoms with E-state index in [1.54, 1.807) is 0 Å². The van der Waals surface area contributed by atoms with E-state index >= 15 is 0 Å². The van der Waals surface area contributed by atoms with Crippen molar-refractivity contribution in [2.75, 3.05) is 26.2 Å². The molecule has 2 aromatic rings. The maximum absolute atomic E-state index is 10.5. The molecule has 1 saturated heterocycles. The zero-order chi connectivity index (χ0) is 19.8. The summed E-state index contributed by atoms with van der Waals surface area (Å²) in [6, 6.07) is 8.50. The van der Waals surface area contributed by atoms with Crippen LogP contribution in [0.3, 0.4) is 0 Å². The lowest BCUT2D eigenvalue weighted by Crippen LogP contribution is -2.39. The maximum atomic E-state index is 10.5. The number of benzene rings is 1. The fraction of sp³-hybridized carbons (Fsp3) is 0.545. The molecule has 2 heterocycles. The lowest BCUT2D eigenvalue weighted by atomic mass is 10.0. The Morgan fingerprint density at radius 3 is 2.89 bits per heavy atom. The van der Waals surface area contributed by atoms with E-state index in [2.05, 4.69) is 40.3 Å². The number of hydrogen-bond donors (Lipinski definition) is 2. The molecule has 0 spiro atoms. The third-order valence-electron chi connectivity index (χ3n) is 5.30. The third kappa shape index (κ3) is 5.83. The van der Waals surface area contributed by atoms with Crippen molar-refractivity contribution < 1.29 is 14.6 Å². The van der Waals surface area contributed by atoms with Crippen molar-refractivity contribution in [1.82, 2.24) is 15.2 Å². The number of carboxylic acid groups (broad SMARTS) is 1. The second-order valence-electron chi connectivity index (χ2n) is 7.52. The standard InChI is InChI=1S/C22H31N3O3/c1-2-3-6-17-15-18-7-4-10-23-21(18)20(16-17)28-19-8-13-25(14-9-19)12-5-11-24-22(26)27/h4,7,10,15-16,19,24H,2-3,5-6,8-9,11-14H2,1H3,(H,26,27). The van der Waals surface area contributed by atoms with E-state index < -0.39 is 6.09 Å². The number of aryl methyl sites for hydroxylation is 1. The fourth-order valence-electron chi connectivity index (χ4n) is 3.76. The van der Waals surface area contributed by atoms with Crippen molar-refractivity contribution >= 4 is 17.0 Å². The number of carbonyl (C=O) groups is 1. The van der Waals surface area contributed by atoms with Crippen LogP contribution in [0.2, 0.25) is 0 Å². The second-order valence-corrected chi connectivity index (χ2v) is 7.52. The molecule has 1 aromatic heterocycles. The number of amides is 1. The summed E-state index contributed by atoms with van der Waals surface area (Å²) in [6.45, 7) is 5.61. The normalized spacial score (nSPS) is 15.6. The zero-order valence-corrected chi connectivity index (χ0v) is 16.7. The maximum Gasteiger partial charge on any atom is 0.404 e. The van der Waals surface area contributed by atoms with Gasteiger partial charge in [-0.15, -0.1) is 0 Å². The molecule has 0 radical (unpaired) electrons. The van der Waals surface area contributed by atoms with Gasteiger partial charge in [-0.2, -0.15) is 0 Å². The van der Waals surface area contributed by atoms with Gasteiger partial charge in [-0.25, -0.2) is 4.79 Å². The number of hydrogen-bond acceptors (Lipinski definition) is 4. The number of unbranched alkanes of at least 4 members (excludes halogenated alkanes) is 1. The van der Waals surface area contributed by atoms with Crippen LogP contribution in [0, 0.1) is 0 Å². The summed E-state index contributed by atoms with van der Waals surface area (Å²) in [5, 5.41) is 12.2. The highest BCUT2D eigenvalue weighted by Gasteiger charge is 2.21. The quantitative estimate of drug-likeness (QED) is 0.636. The van der Waals surface area contributed by atoms with Crippen LogP contribution in [-0.2, 0) is 6.42 Å². The van der Waals surface area contributed by atoms with Gasteiger partial charge in [-0.1, -0.05) is 19.4 Å². The van der Waals surface area contributed by atoms with Gasteiger partial charge < -0.3 is 20.1 Å². The van der Waals surface area contributed by atoms with Crippen LogP contribution in [-0.4, -0.2) is 53.4 Å². The summed E-state index contributed by atoms with van der Waals surface area (Å²) in [7, 11) is 0. The Morgan fingerprint density at radius 1 is 1.32 bits per heavy atom. The average Bonchev–Trinajstić information content (AvgIpc) is 2.70. The SMILES string of the molecule is CCCCc1cc(OC2CCN(CCCNC(=O)O)CC2)c2ncccc2c1. The Bertz CT molecular complexity index is 773. The molecule has 28 heavy (non-hydrogen) atoms. The van der Waals surface area contributed by atoms with Gasteiger partial charge in [0.1, 0.15) is 17.4 Å². The number of piperidine rings is 1. The Hall–Kier alpha value is -2.34. The molecular weight excluding hydrogens is 354 g/mol. The molecule has 1 aromatic carbocycles. The number of nitrogens with zero attached hydrogens (tertiary/aromatic N) is 2. The van der Waals surface area contributed by atoms with Crippen LogP contribution < -0.4 is 10.1 Å². The Balaban J connectivity index is 1.57. The lowest BCUT2D eigenvalue weighted by Gasteiger charge is -2.32. The van der Waals surface area contributed by atoms with Crippen molar-refractivity contribution in [3.63, 3.8) is 0 Å². The van der Waals surface area contributed by atoms with Crippen LogP contribution in [0.25, 0.3) is 10.9 Å². The first-order chi connectivity index (χ1) is 13.7. The largest absolute Gasteiger partial charge is 0.488 e. The van der Waals surface area contributed by atoms with Gasteiger partial charge in [-0.3, -0.25) is 4.98 Å². The van der Waals surface area contributed by atoms with Crippen molar-refractivity contribution in [1.29, 1.82) is 0 Å². The predicted molar refractivity (Wildman–Crippen MR) is 111 cm³/mol. The third-order valence-corrected chi connectivity index (χ3v) is 5.30. The molecule has 152 valence electrons. The van der Waals surface area contributed by atoms with Crippen LogP contribution in [0.5, 0.6) is 5.75 Å². The number of likely N-dealkylation sites (tertiary alicyclic amines) is 1. The molecule has 0 unspecified atom stereocenters. The number of fused-ring (bicyclic) bond motifs is 1. The van der Waals surface area contributed by atoms with Crippen LogP contribution in [0.15, 0.2) is 30.5 Å². The molecule has 6 heteroatoms. The number of rotatable bonds is 9. The Labute approximate surface area is 166 Å². The summed E-state index contributed by atoms with van der Waals surface area (Å²) in [5.41, 5.74) is 2.27. The Kier molecular flexibility index (Phi) is 7.48. The minimum Gasteiger partial charge on any atom is -0.488 e. The van der Waals surface area contributed by atoms with Gasteiger partial charge in [0.25, 0.3) is 0 Å². The molecule has 1 aliphatic heterocycles. The number of aromatic nitrogens is 1. The summed E-state index contributed by atoms with van der Waals surface area (Å²) in [5.74, 6) is 0.910. The molecule has 1 fully saturated rings. The first-order valence-corrected chi connectivity index (χ1v) is 10.4. The summed E-state index contributed by atoms with van der Waals surface area (Å²) in [4.78, 5) is 17.4. The van der Waals surface area contributed by atoms with Gasteiger partial charge in [0.2, 0.25) is 0 Å². The fourth-order valence-corrected chi connectivity index (χ4v) is 3.76. The van der Waals surface area contributed by atoms with E-state index in [1.165, 1.54) is 18.4 Å². The minimum absolute atomic E-state index is 0.208. The van der Waals surface area contributed by atoms with Gasteiger partial charge in [0.15, 0.2) is 0 Å². The molecule has 2 N–H and O–H groups in total. The summed E-state index contributed by atoms with van der Waals surface area (Å²) < 4.78 is 6.42. The number of nitrogens with one attached hydrogen (secondary N) is 1. The monoisotopic (exact) mass is 385 g/mol. The molecule has 0 atom stereocenters. The molecular formula is C22H31N3O3. The van der Waals surface area contributed by atoms with Gasteiger partial charge in [0, 0.05) is 31.2 Å². The first-order valence-electron chi connectivity index (χ1n) is 10.4. The van der Waals surface area contributed by atoms with Crippen LogP contribution in [0.4, 0.5) is 4.79 Å². The van der Waals surface area contributed by atoms with Crippen molar-refractivity contribution in [2.24, 2.45) is 0 Å². The highest BCUT2D eigenvalue weighted by atomic mass is 16.5. The highest BCUT2D eigenvalue weighted by molar-refractivity contribution is 5.85. The summed E-state index contributed by atoms with van der Waals surface area (Å²) >= 11 is 0.